The number of carbonyl (C=O) groups excluding carboxylic acids is 2. The SMILES string of the molecule is CC(=O)NCCc1ccc(CC(=O)C(C)C)cc1. The van der Waals surface area contributed by atoms with Gasteiger partial charge in [0, 0.05) is 25.8 Å². The van der Waals surface area contributed by atoms with Gasteiger partial charge in [0.05, 0.1) is 0 Å². The zero-order valence-corrected chi connectivity index (χ0v) is 11.3. The summed E-state index contributed by atoms with van der Waals surface area (Å²) in [4.78, 5) is 22.3. The van der Waals surface area contributed by atoms with Gasteiger partial charge in [0.1, 0.15) is 5.78 Å². The Morgan fingerprint density at radius 1 is 1.11 bits per heavy atom. The van der Waals surface area contributed by atoms with E-state index in [1.54, 1.807) is 0 Å². The fourth-order valence-corrected chi connectivity index (χ4v) is 1.61. The molecule has 3 nitrogen and oxygen atoms in total. The molecule has 0 spiro atoms. The van der Waals surface area contributed by atoms with Crippen LogP contribution >= 0.6 is 0 Å². The average molecular weight is 247 g/mol. The molecule has 1 aromatic carbocycles. The van der Waals surface area contributed by atoms with Gasteiger partial charge < -0.3 is 5.32 Å². The summed E-state index contributed by atoms with van der Waals surface area (Å²) < 4.78 is 0. The van der Waals surface area contributed by atoms with Crippen molar-refractivity contribution in [3.8, 4) is 0 Å². The van der Waals surface area contributed by atoms with E-state index in [2.05, 4.69) is 5.32 Å². The summed E-state index contributed by atoms with van der Waals surface area (Å²) >= 11 is 0. The van der Waals surface area contributed by atoms with Gasteiger partial charge in [-0.15, -0.1) is 0 Å². The van der Waals surface area contributed by atoms with Crippen molar-refractivity contribution in [2.45, 2.75) is 33.6 Å². The van der Waals surface area contributed by atoms with E-state index in [0.29, 0.717) is 13.0 Å². The third-order valence-corrected chi connectivity index (χ3v) is 2.83. The average Bonchev–Trinajstić information content (AvgIpc) is 2.30. The molecule has 0 aliphatic carbocycles. The molecule has 0 heterocycles. The van der Waals surface area contributed by atoms with Gasteiger partial charge >= 0.3 is 0 Å². The normalized spacial score (nSPS) is 10.4. The van der Waals surface area contributed by atoms with Gasteiger partial charge in [-0.3, -0.25) is 9.59 Å². The van der Waals surface area contributed by atoms with Crippen LogP contribution in [0.3, 0.4) is 0 Å². The Morgan fingerprint density at radius 3 is 2.17 bits per heavy atom. The number of Topliss-reactive ketones (excluding diaryl/α,β-unsaturated/α-hetero) is 1. The second-order valence-electron chi connectivity index (χ2n) is 4.85. The van der Waals surface area contributed by atoms with Crippen molar-refractivity contribution in [2.75, 3.05) is 6.54 Å². The predicted molar refractivity (Wildman–Crippen MR) is 72.4 cm³/mol. The van der Waals surface area contributed by atoms with Crippen molar-refractivity contribution < 1.29 is 9.59 Å². The molecule has 98 valence electrons. The van der Waals surface area contributed by atoms with Gasteiger partial charge in [-0.2, -0.15) is 0 Å². The van der Waals surface area contributed by atoms with Crippen LogP contribution in [-0.2, 0) is 22.4 Å². The molecule has 1 amide bonds. The molecule has 1 aromatic rings. The van der Waals surface area contributed by atoms with Crippen molar-refractivity contribution in [3.63, 3.8) is 0 Å². The van der Waals surface area contributed by atoms with Crippen molar-refractivity contribution in [1.29, 1.82) is 0 Å². The lowest BCUT2D eigenvalue weighted by atomic mass is 10.00. The summed E-state index contributed by atoms with van der Waals surface area (Å²) in [6.45, 7) is 6.01. The molecule has 3 heteroatoms. The van der Waals surface area contributed by atoms with Crippen LogP contribution in [0.5, 0.6) is 0 Å². The maximum Gasteiger partial charge on any atom is 0.216 e. The molecular weight excluding hydrogens is 226 g/mol. The maximum atomic E-state index is 11.6. The fourth-order valence-electron chi connectivity index (χ4n) is 1.61. The molecule has 1 N–H and O–H groups in total. The number of hydrogen-bond acceptors (Lipinski definition) is 2. The second-order valence-corrected chi connectivity index (χ2v) is 4.85. The minimum Gasteiger partial charge on any atom is -0.356 e. The molecule has 0 aromatic heterocycles. The van der Waals surface area contributed by atoms with E-state index in [4.69, 9.17) is 0 Å². The fraction of sp³-hybridized carbons (Fsp3) is 0.467. The highest BCUT2D eigenvalue weighted by molar-refractivity contribution is 5.82. The van der Waals surface area contributed by atoms with E-state index < -0.39 is 0 Å². The standard InChI is InChI=1S/C15H21NO2/c1-11(2)15(18)10-14-6-4-13(5-7-14)8-9-16-12(3)17/h4-7,11H,8-10H2,1-3H3,(H,16,17). The first-order valence-electron chi connectivity index (χ1n) is 6.34. The first-order valence-corrected chi connectivity index (χ1v) is 6.34. The molecule has 1 rings (SSSR count). The Bertz CT molecular complexity index is 407. The summed E-state index contributed by atoms with van der Waals surface area (Å²) in [6, 6.07) is 8.02. The van der Waals surface area contributed by atoms with Gasteiger partial charge in [0.2, 0.25) is 5.91 Å². The summed E-state index contributed by atoms with van der Waals surface area (Å²) in [5.41, 5.74) is 2.22. The molecule has 0 atom stereocenters. The first-order chi connectivity index (χ1) is 8.49. The van der Waals surface area contributed by atoms with E-state index in [9.17, 15) is 9.59 Å². The molecule has 0 saturated carbocycles. The summed E-state index contributed by atoms with van der Waals surface area (Å²) in [5, 5.41) is 2.76. The van der Waals surface area contributed by atoms with Crippen LogP contribution in [0, 0.1) is 5.92 Å². The maximum absolute atomic E-state index is 11.6. The second kappa shape index (κ2) is 6.94. The van der Waals surface area contributed by atoms with E-state index in [1.807, 2.05) is 38.1 Å². The van der Waals surface area contributed by atoms with Crippen molar-refractivity contribution in [1.82, 2.24) is 5.32 Å². The van der Waals surface area contributed by atoms with Crippen LogP contribution in [0.4, 0.5) is 0 Å². The number of carbonyl (C=O) groups is 2. The Morgan fingerprint density at radius 2 is 1.67 bits per heavy atom. The summed E-state index contributed by atoms with van der Waals surface area (Å²) in [5.74, 6) is 0.347. The first kappa shape index (κ1) is 14.4. The number of hydrogen-bond donors (Lipinski definition) is 1. The van der Waals surface area contributed by atoms with Gasteiger partial charge in [0.25, 0.3) is 0 Å². The molecule has 0 aliphatic rings. The van der Waals surface area contributed by atoms with Gasteiger partial charge in [-0.05, 0) is 17.5 Å². The highest BCUT2D eigenvalue weighted by Crippen LogP contribution is 2.08. The van der Waals surface area contributed by atoms with Crippen LogP contribution in [0.2, 0.25) is 0 Å². The van der Waals surface area contributed by atoms with Crippen LogP contribution in [0.25, 0.3) is 0 Å². The van der Waals surface area contributed by atoms with Crippen molar-refractivity contribution in [2.24, 2.45) is 5.92 Å². The number of rotatable bonds is 6. The molecule has 0 fully saturated rings. The van der Waals surface area contributed by atoms with Crippen molar-refractivity contribution in [3.05, 3.63) is 35.4 Å². The van der Waals surface area contributed by atoms with Gasteiger partial charge in [0.15, 0.2) is 0 Å². The van der Waals surface area contributed by atoms with Crippen LogP contribution in [0.1, 0.15) is 31.9 Å². The zero-order valence-electron chi connectivity index (χ0n) is 11.3. The third kappa shape index (κ3) is 5.13. The van der Waals surface area contributed by atoms with E-state index >= 15 is 0 Å². The summed E-state index contributed by atoms with van der Waals surface area (Å²) in [7, 11) is 0. The highest BCUT2D eigenvalue weighted by Gasteiger charge is 2.07. The highest BCUT2D eigenvalue weighted by atomic mass is 16.1. The molecule has 18 heavy (non-hydrogen) atoms. The summed E-state index contributed by atoms with van der Waals surface area (Å²) in [6.07, 6.45) is 1.32. The number of nitrogens with one attached hydrogen (secondary N) is 1. The number of benzene rings is 1. The number of ketones is 1. The zero-order chi connectivity index (χ0) is 13.5. The number of amides is 1. The van der Waals surface area contributed by atoms with Crippen LogP contribution < -0.4 is 5.32 Å². The minimum atomic E-state index is -0.00542. The van der Waals surface area contributed by atoms with Gasteiger partial charge in [-0.1, -0.05) is 38.1 Å². The van der Waals surface area contributed by atoms with Gasteiger partial charge in [-0.25, -0.2) is 0 Å². The van der Waals surface area contributed by atoms with Crippen molar-refractivity contribution >= 4 is 11.7 Å². The molecule has 0 radical (unpaired) electrons. The lowest BCUT2D eigenvalue weighted by molar-refractivity contribution is -0.121. The largest absolute Gasteiger partial charge is 0.356 e. The van der Waals surface area contributed by atoms with Crippen LogP contribution in [0.15, 0.2) is 24.3 Å². The smallest absolute Gasteiger partial charge is 0.216 e. The third-order valence-electron chi connectivity index (χ3n) is 2.83. The molecule has 0 unspecified atom stereocenters. The Kier molecular flexibility index (Phi) is 5.56. The molecule has 0 bridgehead atoms. The van der Waals surface area contributed by atoms with E-state index in [-0.39, 0.29) is 17.6 Å². The monoisotopic (exact) mass is 247 g/mol. The molecule has 0 aliphatic heterocycles. The van der Waals surface area contributed by atoms with E-state index in [1.165, 1.54) is 12.5 Å². The molecular formula is C15H21NO2. The molecule has 0 saturated heterocycles. The Hall–Kier alpha value is -1.64. The quantitative estimate of drug-likeness (QED) is 0.837. The lowest BCUT2D eigenvalue weighted by Crippen LogP contribution is -2.22. The lowest BCUT2D eigenvalue weighted by Gasteiger charge is -2.06. The topological polar surface area (TPSA) is 46.2 Å². The Balaban J connectivity index is 2.47. The minimum absolute atomic E-state index is 0.00542. The van der Waals surface area contributed by atoms with E-state index in [0.717, 1.165) is 12.0 Å². The predicted octanol–water partition coefficient (Wildman–Crippen LogP) is 2.13. The van der Waals surface area contributed by atoms with Crippen LogP contribution in [-0.4, -0.2) is 18.2 Å². The Labute approximate surface area is 109 Å².